The molecule has 12 heteroatoms. The van der Waals surface area contributed by atoms with Gasteiger partial charge in [-0.05, 0) is 49.4 Å². The summed E-state index contributed by atoms with van der Waals surface area (Å²) in [6.45, 7) is 5.23. The van der Waals surface area contributed by atoms with Crippen LogP contribution in [0.25, 0.3) is 6.08 Å². The summed E-state index contributed by atoms with van der Waals surface area (Å²) in [5, 5.41) is -0.506. The molecule has 0 radical (unpaired) electrons. The van der Waals surface area contributed by atoms with Crippen molar-refractivity contribution in [3.8, 4) is 11.5 Å². The lowest BCUT2D eigenvalue weighted by molar-refractivity contribution is -0.145. The summed E-state index contributed by atoms with van der Waals surface area (Å²) in [5.74, 6) is -0.657. The van der Waals surface area contributed by atoms with Gasteiger partial charge < -0.3 is 23.8 Å². The van der Waals surface area contributed by atoms with Crippen molar-refractivity contribution in [3.05, 3.63) is 27.1 Å². The molecule has 0 saturated carbocycles. The fourth-order valence-electron chi connectivity index (χ4n) is 3.21. The van der Waals surface area contributed by atoms with Crippen LogP contribution in [0.3, 0.4) is 0 Å². The molecule has 1 aromatic rings. The Bertz CT molecular complexity index is 993. The molecular formula is C22H25BrN2O8S. The summed E-state index contributed by atoms with van der Waals surface area (Å²) in [4.78, 5) is 52.1. The van der Waals surface area contributed by atoms with E-state index < -0.39 is 17.1 Å². The van der Waals surface area contributed by atoms with Gasteiger partial charge in [-0.3, -0.25) is 19.3 Å². The first kappa shape index (κ1) is 26.0. The summed E-state index contributed by atoms with van der Waals surface area (Å²) < 4.78 is 21.8. The van der Waals surface area contributed by atoms with E-state index in [0.717, 1.165) is 16.7 Å². The maximum atomic E-state index is 12.9. The molecule has 2 saturated heterocycles. The average Bonchev–Trinajstić information content (AvgIpc) is 3.08. The van der Waals surface area contributed by atoms with Crippen LogP contribution in [0, 0.1) is 0 Å². The van der Waals surface area contributed by atoms with Crippen LogP contribution < -0.4 is 9.47 Å². The molecule has 0 spiro atoms. The van der Waals surface area contributed by atoms with Crippen molar-refractivity contribution >= 4 is 56.8 Å². The second kappa shape index (κ2) is 12.2. The van der Waals surface area contributed by atoms with Crippen LogP contribution in [-0.2, 0) is 23.9 Å². The van der Waals surface area contributed by atoms with Crippen molar-refractivity contribution in [1.29, 1.82) is 0 Å². The fraction of sp³-hybridized carbons (Fsp3) is 0.455. The van der Waals surface area contributed by atoms with Crippen molar-refractivity contribution in [2.45, 2.75) is 13.8 Å². The van der Waals surface area contributed by atoms with Crippen LogP contribution in [0.5, 0.6) is 11.5 Å². The lowest BCUT2D eigenvalue weighted by Crippen LogP contribution is -2.46. The molecule has 2 aliphatic rings. The zero-order chi connectivity index (χ0) is 24.7. The zero-order valence-electron chi connectivity index (χ0n) is 18.8. The van der Waals surface area contributed by atoms with Gasteiger partial charge in [-0.15, -0.1) is 0 Å². The maximum absolute atomic E-state index is 12.9. The number of halogens is 1. The Kier molecular flexibility index (Phi) is 9.36. The molecule has 0 aliphatic carbocycles. The molecule has 34 heavy (non-hydrogen) atoms. The Labute approximate surface area is 209 Å². The third kappa shape index (κ3) is 6.51. The molecule has 184 valence electrons. The molecule has 3 amide bonds. The van der Waals surface area contributed by atoms with Crippen molar-refractivity contribution < 1.29 is 38.1 Å². The van der Waals surface area contributed by atoms with E-state index in [9.17, 15) is 19.2 Å². The standard InChI is InChI=1S/C22H25BrN2O8S/c1-3-31-16-9-14(15(23)11-17(16)33-13-20(27)32-4-2)10-18-21(28)25(22(29)34-18)12-19(26)24-5-7-30-8-6-24/h9-11H,3-8,12-13H2,1-2H3/b18-10+. The molecule has 1 aromatic carbocycles. The van der Waals surface area contributed by atoms with Gasteiger partial charge in [0.25, 0.3) is 11.1 Å². The van der Waals surface area contributed by atoms with Gasteiger partial charge in [0.1, 0.15) is 6.54 Å². The van der Waals surface area contributed by atoms with Gasteiger partial charge in [0.2, 0.25) is 5.91 Å². The Balaban J connectivity index is 1.76. The number of amides is 3. The molecule has 3 rings (SSSR count). The number of morpholine rings is 1. The molecule has 2 aliphatic heterocycles. The number of nitrogens with zero attached hydrogens (tertiary/aromatic N) is 2. The van der Waals surface area contributed by atoms with Crippen LogP contribution >= 0.6 is 27.7 Å². The second-order valence-corrected chi connectivity index (χ2v) is 8.96. The maximum Gasteiger partial charge on any atom is 0.344 e. The highest BCUT2D eigenvalue weighted by molar-refractivity contribution is 9.10. The first-order chi connectivity index (χ1) is 16.3. The van der Waals surface area contributed by atoms with E-state index in [-0.39, 0.29) is 30.6 Å². The molecule has 2 heterocycles. The molecule has 2 fully saturated rings. The predicted molar refractivity (Wildman–Crippen MR) is 128 cm³/mol. The summed E-state index contributed by atoms with van der Waals surface area (Å²) in [7, 11) is 0. The minimum atomic E-state index is -0.538. The van der Waals surface area contributed by atoms with E-state index in [1.54, 1.807) is 37.0 Å². The molecule has 10 nitrogen and oxygen atoms in total. The zero-order valence-corrected chi connectivity index (χ0v) is 21.2. The summed E-state index contributed by atoms with van der Waals surface area (Å²) in [6, 6.07) is 3.25. The summed E-state index contributed by atoms with van der Waals surface area (Å²) >= 11 is 4.20. The minimum Gasteiger partial charge on any atom is -0.490 e. The van der Waals surface area contributed by atoms with Gasteiger partial charge in [0.15, 0.2) is 18.1 Å². The Morgan fingerprint density at radius 1 is 1.12 bits per heavy atom. The Hall–Kier alpha value is -2.57. The summed E-state index contributed by atoms with van der Waals surface area (Å²) in [6.07, 6.45) is 1.55. The Morgan fingerprint density at radius 3 is 2.50 bits per heavy atom. The molecule has 0 bridgehead atoms. The monoisotopic (exact) mass is 556 g/mol. The van der Waals surface area contributed by atoms with Gasteiger partial charge in [-0.25, -0.2) is 4.79 Å². The fourth-order valence-corrected chi connectivity index (χ4v) is 4.47. The number of ether oxygens (including phenoxy) is 4. The highest BCUT2D eigenvalue weighted by Crippen LogP contribution is 2.38. The largest absolute Gasteiger partial charge is 0.490 e. The number of carbonyl (C=O) groups excluding carboxylic acids is 4. The lowest BCUT2D eigenvalue weighted by Gasteiger charge is -2.28. The number of hydrogen-bond donors (Lipinski definition) is 0. The quantitative estimate of drug-likeness (QED) is 0.334. The van der Waals surface area contributed by atoms with Crippen LogP contribution in [0.1, 0.15) is 19.4 Å². The van der Waals surface area contributed by atoms with E-state index >= 15 is 0 Å². The average molecular weight is 557 g/mol. The number of carbonyl (C=O) groups is 4. The predicted octanol–water partition coefficient (Wildman–Crippen LogP) is 2.68. The van der Waals surface area contributed by atoms with Crippen LogP contribution in [-0.4, -0.2) is 85.5 Å². The van der Waals surface area contributed by atoms with Gasteiger partial charge in [0, 0.05) is 17.6 Å². The smallest absolute Gasteiger partial charge is 0.344 e. The lowest BCUT2D eigenvalue weighted by atomic mass is 10.1. The number of rotatable bonds is 9. The SMILES string of the molecule is CCOC(=O)COc1cc(Br)c(/C=C2/SC(=O)N(CC(=O)N3CCOCC3)C2=O)cc1OCC. The molecular weight excluding hydrogens is 532 g/mol. The second-order valence-electron chi connectivity index (χ2n) is 7.11. The van der Waals surface area contributed by atoms with Crippen molar-refractivity contribution in [3.63, 3.8) is 0 Å². The van der Waals surface area contributed by atoms with Gasteiger partial charge in [0.05, 0.1) is 31.3 Å². The van der Waals surface area contributed by atoms with Crippen molar-refractivity contribution in [2.24, 2.45) is 0 Å². The van der Waals surface area contributed by atoms with Crippen LogP contribution in [0.4, 0.5) is 4.79 Å². The van der Waals surface area contributed by atoms with Crippen LogP contribution in [0.15, 0.2) is 21.5 Å². The van der Waals surface area contributed by atoms with E-state index in [1.165, 1.54) is 0 Å². The Morgan fingerprint density at radius 2 is 1.82 bits per heavy atom. The van der Waals surface area contributed by atoms with Crippen molar-refractivity contribution in [2.75, 3.05) is 52.7 Å². The number of hydrogen-bond acceptors (Lipinski definition) is 9. The topological polar surface area (TPSA) is 112 Å². The molecule has 0 N–H and O–H groups in total. The number of imide groups is 1. The van der Waals surface area contributed by atoms with Gasteiger partial charge >= 0.3 is 5.97 Å². The molecule has 0 unspecified atom stereocenters. The normalized spacial score (nSPS) is 17.3. The molecule has 0 aromatic heterocycles. The first-order valence-electron chi connectivity index (χ1n) is 10.7. The minimum absolute atomic E-state index is 0.183. The molecule has 0 atom stereocenters. The third-order valence-electron chi connectivity index (χ3n) is 4.83. The number of esters is 1. The third-order valence-corrected chi connectivity index (χ3v) is 6.43. The van der Waals surface area contributed by atoms with Gasteiger partial charge in [-0.2, -0.15) is 0 Å². The van der Waals surface area contributed by atoms with Gasteiger partial charge in [-0.1, -0.05) is 15.9 Å². The van der Waals surface area contributed by atoms with E-state index in [4.69, 9.17) is 18.9 Å². The highest BCUT2D eigenvalue weighted by Gasteiger charge is 2.37. The van der Waals surface area contributed by atoms with E-state index in [0.29, 0.717) is 54.4 Å². The number of thioether (sulfide) groups is 1. The first-order valence-corrected chi connectivity index (χ1v) is 12.3. The van der Waals surface area contributed by atoms with E-state index in [2.05, 4.69) is 15.9 Å². The highest BCUT2D eigenvalue weighted by atomic mass is 79.9. The van der Waals surface area contributed by atoms with E-state index in [1.807, 2.05) is 0 Å². The van der Waals surface area contributed by atoms with Crippen LogP contribution in [0.2, 0.25) is 0 Å². The van der Waals surface area contributed by atoms with Crippen molar-refractivity contribution in [1.82, 2.24) is 9.80 Å². The summed E-state index contributed by atoms with van der Waals surface area (Å²) in [5.41, 5.74) is 0.567. The number of benzene rings is 1.